The van der Waals surface area contributed by atoms with Crippen LogP contribution in [0.5, 0.6) is 0 Å². The molecule has 1 aromatic rings. The molecule has 0 radical (unpaired) electrons. The highest BCUT2D eigenvalue weighted by atomic mass is 15.2. The fourth-order valence-electron chi connectivity index (χ4n) is 2.03. The summed E-state index contributed by atoms with van der Waals surface area (Å²) in [5, 5.41) is 6.69. The van der Waals surface area contributed by atoms with Crippen LogP contribution in [0.15, 0.2) is 23.3 Å². The minimum absolute atomic E-state index is 0.656. The number of nitrogens with one attached hydrogen (secondary N) is 2. The van der Waals surface area contributed by atoms with Crippen molar-refractivity contribution in [3.8, 4) is 0 Å². The monoisotopic (exact) mass is 305 g/mol. The van der Waals surface area contributed by atoms with Crippen LogP contribution >= 0.6 is 0 Å². The van der Waals surface area contributed by atoms with E-state index < -0.39 is 0 Å². The zero-order valence-corrected chi connectivity index (χ0v) is 14.7. The summed E-state index contributed by atoms with van der Waals surface area (Å²) in [6.07, 6.45) is 4.24. The summed E-state index contributed by atoms with van der Waals surface area (Å²) in [6, 6.07) is 4.09. The number of aliphatic imine (C=N–C) groups is 1. The lowest BCUT2D eigenvalue weighted by Crippen LogP contribution is -2.37. The van der Waals surface area contributed by atoms with Gasteiger partial charge in [0.25, 0.3) is 0 Å². The molecular weight excluding hydrogens is 274 g/mol. The third-order valence-electron chi connectivity index (χ3n) is 3.28. The maximum atomic E-state index is 4.65. The summed E-state index contributed by atoms with van der Waals surface area (Å²) in [4.78, 5) is 11.0. The van der Waals surface area contributed by atoms with Crippen molar-refractivity contribution in [3.63, 3.8) is 0 Å². The van der Waals surface area contributed by atoms with Crippen LogP contribution in [0.2, 0.25) is 0 Å². The molecule has 0 bridgehead atoms. The Morgan fingerprint density at radius 1 is 1.32 bits per heavy atom. The second-order valence-corrected chi connectivity index (χ2v) is 6.07. The van der Waals surface area contributed by atoms with Crippen LogP contribution in [0.25, 0.3) is 0 Å². The van der Waals surface area contributed by atoms with Crippen LogP contribution in [0, 0.1) is 5.92 Å². The predicted molar refractivity (Wildman–Crippen MR) is 95.5 cm³/mol. The van der Waals surface area contributed by atoms with Gasteiger partial charge in [0, 0.05) is 33.4 Å². The van der Waals surface area contributed by atoms with E-state index in [1.54, 1.807) is 0 Å². The van der Waals surface area contributed by atoms with Crippen molar-refractivity contribution in [2.75, 3.05) is 32.1 Å². The third kappa shape index (κ3) is 7.29. The molecule has 0 saturated carbocycles. The van der Waals surface area contributed by atoms with Crippen molar-refractivity contribution >= 4 is 11.8 Å². The summed E-state index contributed by atoms with van der Waals surface area (Å²) in [5.74, 6) is 2.60. The first-order chi connectivity index (χ1) is 10.5. The standard InChI is InChI=1S/C17H31N5/c1-6-18-17(20-10-7-8-14(2)3)21-13-15-9-11-19-16(12-15)22(4)5/h9,11-12,14H,6-8,10,13H2,1-5H3,(H2,18,20,21). The molecule has 0 unspecified atom stereocenters. The van der Waals surface area contributed by atoms with Crippen LogP contribution < -0.4 is 15.5 Å². The molecule has 0 amide bonds. The Morgan fingerprint density at radius 2 is 2.09 bits per heavy atom. The molecule has 1 heterocycles. The van der Waals surface area contributed by atoms with Gasteiger partial charge in [0.2, 0.25) is 0 Å². The average Bonchev–Trinajstić information content (AvgIpc) is 2.49. The molecule has 0 aliphatic heterocycles. The van der Waals surface area contributed by atoms with E-state index in [2.05, 4.69) is 47.4 Å². The lowest BCUT2D eigenvalue weighted by molar-refractivity contribution is 0.549. The van der Waals surface area contributed by atoms with Crippen molar-refractivity contribution in [1.29, 1.82) is 0 Å². The van der Waals surface area contributed by atoms with Crippen LogP contribution in [0.4, 0.5) is 5.82 Å². The molecule has 1 rings (SSSR count). The molecule has 124 valence electrons. The van der Waals surface area contributed by atoms with Crippen LogP contribution in [-0.4, -0.2) is 38.1 Å². The maximum Gasteiger partial charge on any atom is 0.191 e. The van der Waals surface area contributed by atoms with E-state index in [1.165, 1.54) is 12.8 Å². The second kappa shape index (κ2) is 10.0. The first-order valence-electron chi connectivity index (χ1n) is 8.17. The van der Waals surface area contributed by atoms with E-state index >= 15 is 0 Å². The predicted octanol–water partition coefficient (Wildman–Crippen LogP) is 2.64. The Morgan fingerprint density at radius 3 is 2.73 bits per heavy atom. The van der Waals surface area contributed by atoms with Crippen molar-refractivity contribution in [3.05, 3.63) is 23.9 Å². The van der Waals surface area contributed by atoms with Gasteiger partial charge in [0.05, 0.1) is 6.54 Å². The van der Waals surface area contributed by atoms with Crippen LogP contribution in [0.1, 0.15) is 39.2 Å². The number of rotatable bonds is 8. The first-order valence-corrected chi connectivity index (χ1v) is 8.17. The van der Waals surface area contributed by atoms with E-state index in [0.717, 1.165) is 36.3 Å². The fourth-order valence-corrected chi connectivity index (χ4v) is 2.03. The summed E-state index contributed by atoms with van der Waals surface area (Å²) < 4.78 is 0. The fraction of sp³-hybridized carbons (Fsp3) is 0.647. The Hall–Kier alpha value is -1.78. The number of anilines is 1. The maximum absolute atomic E-state index is 4.65. The molecule has 0 saturated heterocycles. The van der Waals surface area contributed by atoms with Gasteiger partial charge in [-0.3, -0.25) is 0 Å². The third-order valence-corrected chi connectivity index (χ3v) is 3.28. The molecule has 0 atom stereocenters. The zero-order valence-electron chi connectivity index (χ0n) is 14.7. The van der Waals surface area contributed by atoms with E-state index in [-0.39, 0.29) is 0 Å². The lowest BCUT2D eigenvalue weighted by atomic mass is 10.1. The normalized spacial score (nSPS) is 11.6. The number of nitrogens with zero attached hydrogens (tertiary/aromatic N) is 3. The van der Waals surface area contributed by atoms with E-state index in [4.69, 9.17) is 0 Å². The van der Waals surface area contributed by atoms with Gasteiger partial charge in [-0.05, 0) is 43.4 Å². The van der Waals surface area contributed by atoms with Gasteiger partial charge in [-0.2, -0.15) is 0 Å². The van der Waals surface area contributed by atoms with Crippen LogP contribution in [0.3, 0.4) is 0 Å². The van der Waals surface area contributed by atoms with Crippen LogP contribution in [-0.2, 0) is 6.54 Å². The Kier molecular flexibility index (Phi) is 8.33. The highest BCUT2D eigenvalue weighted by molar-refractivity contribution is 5.79. The SMILES string of the molecule is CCNC(=NCc1ccnc(N(C)C)c1)NCCCC(C)C. The van der Waals surface area contributed by atoms with Gasteiger partial charge < -0.3 is 15.5 Å². The molecule has 0 aromatic carbocycles. The van der Waals surface area contributed by atoms with Crippen molar-refractivity contribution in [1.82, 2.24) is 15.6 Å². The van der Waals surface area contributed by atoms with Gasteiger partial charge in [-0.1, -0.05) is 13.8 Å². The number of hydrogen-bond donors (Lipinski definition) is 2. The number of aromatic nitrogens is 1. The van der Waals surface area contributed by atoms with E-state index in [9.17, 15) is 0 Å². The largest absolute Gasteiger partial charge is 0.363 e. The smallest absolute Gasteiger partial charge is 0.191 e. The molecule has 0 aliphatic rings. The highest BCUT2D eigenvalue weighted by Crippen LogP contribution is 2.10. The Bertz CT molecular complexity index is 454. The molecule has 0 spiro atoms. The number of hydrogen-bond acceptors (Lipinski definition) is 3. The average molecular weight is 305 g/mol. The molecule has 1 aromatic heterocycles. The summed E-state index contributed by atoms with van der Waals surface area (Å²) >= 11 is 0. The quantitative estimate of drug-likeness (QED) is 0.440. The van der Waals surface area contributed by atoms with Crippen molar-refractivity contribution in [2.45, 2.75) is 40.2 Å². The van der Waals surface area contributed by atoms with E-state index in [0.29, 0.717) is 6.54 Å². The molecule has 0 fully saturated rings. The molecule has 22 heavy (non-hydrogen) atoms. The van der Waals surface area contributed by atoms with Gasteiger partial charge >= 0.3 is 0 Å². The molecule has 2 N–H and O–H groups in total. The molecular formula is C17H31N5. The summed E-state index contributed by atoms with van der Waals surface area (Å²) in [6.45, 7) is 9.08. The highest BCUT2D eigenvalue weighted by Gasteiger charge is 2.01. The van der Waals surface area contributed by atoms with Crippen molar-refractivity contribution < 1.29 is 0 Å². The minimum atomic E-state index is 0.656. The number of pyridine rings is 1. The molecule has 5 heteroatoms. The topological polar surface area (TPSA) is 52.6 Å². The Balaban J connectivity index is 2.55. The molecule has 0 aliphatic carbocycles. The lowest BCUT2D eigenvalue weighted by Gasteiger charge is -2.13. The number of guanidine groups is 1. The van der Waals surface area contributed by atoms with Gasteiger partial charge in [-0.15, -0.1) is 0 Å². The van der Waals surface area contributed by atoms with Gasteiger partial charge in [0.15, 0.2) is 5.96 Å². The minimum Gasteiger partial charge on any atom is -0.363 e. The molecule has 5 nitrogen and oxygen atoms in total. The van der Waals surface area contributed by atoms with Gasteiger partial charge in [-0.25, -0.2) is 9.98 Å². The summed E-state index contributed by atoms with van der Waals surface area (Å²) in [7, 11) is 3.99. The van der Waals surface area contributed by atoms with Crippen molar-refractivity contribution in [2.24, 2.45) is 10.9 Å². The summed E-state index contributed by atoms with van der Waals surface area (Å²) in [5.41, 5.74) is 1.16. The van der Waals surface area contributed by atoms with E-state index in [1.807, 2.05) is 31.3 Å². The van der Waals surface area contributed by atoms with Gasteiger partial charge in [0.1, 0.15) is 5.82 Å². The zero-order chi connectivity index (χ0) is 16.4. The first kappa shape index (κ1) is 18.3. The second-order valence-electron chi connectivity index (χ2n) is 6.07. The Labute approximate surface area is 135 Å².